The van der Waals surface area contributed by atoms with Crippen molar-refractivity contribution in [2.45, 2.75) is 65.1 Å². The van der Waals surface area contributed by atoms with Gasteiger partial charge in [-0.1, -0.05) is 40.5 Å². The standard InChI is InChI=1S/C11H26OSi/c1-5-9-10-12-13(7-3,8-4)11-6-2/h5-11H2,1-4H3. The Morgan fingerprint density at radius 1 is 0.923 bits per heavy atom. The molecule has 0 unspecified atom stereocenters. The molecule has 0 radical (unpaired) electrons. The first kappa shape index (κ1) is 13.2. The molecule has 1 nitrogen and oxygen atoms in total. The van der Waals surface area contributed by atoms with Crippen molar-refractivity contribution in [1.29, 1.82) is 0 Å². The minimum atomic E-state index is -1.28. The van der Waals surface area contributed by atoms with Crippen molar-refractivity contribution in [2.24, 2.45) is 0 Å². The first-order chi connectivity index (χ1) is 6.24. The van der Waals surface area contributed by atoms with Gasteiger partial charge >= 0.3 is 0 Å². The molecule has 0 heterocycles. The van der Waals surface area contributed by atoms with Gasteiger partial charge in [0.2, 0.25) is 0 Å². The average Bonchev–Trinajstić information content (AvgIpc) is 2.17. The maximum atomic E-state index is 6.15. The van der Waals surface area contributed by atoms with Crippen LogP contribution in [0.15, 0.2) is 0 Å². The number of hydrogen-bond acceptors (Lipinski definition) is 1. The van der Waals surface area contributed by atoms with Gasteiger partial charge in [-0.05, 0) is 24.6 Å². The summed E-state index contributed by atoms with van der Waals surface area (Å²) >= 11 is 0. The highest BCUT2D eigenvalue weighted by Crippen LogP contribution is 2.23. The zero-order valence-electron chi connectivity index (χ0n) is 9.86. The Bertz CT molecular complexity index is 111. The summed E-state index contributed by atoms with van der Waals surface area (Å²) in [7, 11) is -1.28. The third kappa shape index (κ3) is 4.82. The summed E-state index contributed by atoms with van der Waals surface area (Å²) in [6, 6.07) is 3.94. The molecule has 0 aromatic rings. The summed E-state index contributed by atoms with van der Waals surface area (Å²) < 4.78 is 6.15. The minimum Gasteiger partial charge on any atom is -0.417 e. The van der Waals surface area contributed by atoms with Crippen LogP contribution in [0.2, 0.25) is 18.1 Å². The lowest BCUT2D eigenvalue weighted by atomic mass is 10.4. The van der Waals surface area contributed by atoms with E-state index in [-0.39, 0.29) is 0 Å². The Morgan fingerprint density at radius 2 is 1.54 bits per heavy atom. The molecule has 0 fully saturated rings. The van der Waals surface area contributed by atoms with E-state index in [1.165, 1.54) is 37.4 Å². The Morgan fingerprint density at radius 3 is 1.92 bits per heavy atom. The van der Waals surface area contributed by atoms with Gasteiger partial charge in [0.15, 0.2) is 8.32 Å². The van der Waals surface area contributed by atoms with Crippen molar-refractivity contribution < 1.29 is 4.43 Å². The maximum absolute atomic E-state index is 6.15. The molecule has 0 aromatic carbocycles. The van der Waals surface area contributed by atoms with Crippen molar-refractivity contribution in [1.82, 2.24) is 0 Å². The number of hydrogen-bond donors (Lipinski definition) is 0. The molecule has 0 N–H and O–H groups in total. The van der Waals surface area contributed by atoms with Crippen LogP contribution in [0.1, 0.15) is 47.0 Å². The molecule has 2 heteroatoms. The molecule has 0 aliphatic carbocycles. The average molecular weight is 202 g/mol. The summed E-state index contributed by atoms with van der Waals surface area (Å²) in [5, 5.41) is 0. The predicted octanol–water partition coefficient (Wildman–Crippen LogP) is 4.20. The lowest BCUT2D eigenvalue weighted by Gasteiger charge is -2.28. The quantitative estimate of drug-likeness (QED) is 0.423. The van der Waals surface area contributed by atoms with Crippen LogP contribution in [0.5, 0.6) is 0 Å². The van der Waals surface area contributed by atoms with E-state index in [1.54, 1.807) is 0 Å². The van der Waals surface area contributed by atoms with E-state index in [2.05, 4.69) is 27.7 Å². The van der Waals surface area contributed by atoms with Crippen molar-refractivity contribution in [3.05, 3.63) is 0 Å². The van der Waals surface area contributed by atoms with E-state index in [1.807, 2.05) is 0 Å². The van der Waals surface area contributed by atoms with Crippen LogP contribution >= 0.6 is 0 Å². The van der Waals surface area contributed by atoms with Crippen molar-refractivity contribution in [3.63, 3.8) is 0 Å². The molecule has 0 aliphatic heterocycles. The van der Waals surface area contributed by atoms with Gasteiger partial charge in [0.05, 0.1) is 0 Å². The number of unbranched alkanes of at least 4 members (excludes halogenated alkanes) is 1. The summed E-state index contributed by atoms with van der Waals surface area (Å²) in [4.78, 5) is 0. The van der Waals surface area contributed by atoms with Gasteiger partial charge in [0.1, 0.15) is 0 Å². The maximum Gasteiger partial charge on any atom is 0.192 e. The van der Waals surface area contributed by atoms with Crippen LogP contribution < -0.4 is 0 Å². The second-order valence-corrected chi connectivity index (χ2v) is 8.41. The van der Waals surface area contributed by atoms with E-state index >= 15 is 0 Å². The highest BCUT2D eigenvalue weighted by atomic mass is 28.4. The van der Waals surface area contributed by atoms with E-state index in [0.717, 1.165) is 6.61 Å². The Balaban J connectivity index is 3.89. The van der Waals surface area contributed by atoms with Crippen LogP contribution in [-0.2, 0) is 4.43 Å². The molecule has 13 heavy (non-hydrogen) atoms. The largest absolute Gasteiger partial charge is 0.417 e. The fourth-order valence-corrected chi connectivity index (χ4v) is 5.02. The van der Waals surface area contributed by atoms with Gasteiger partial charge < -0.3 is 4.43 Å². The molecular weight excluding hydrogens is 176 g/mol. The summed E-state index contributed by atoms with van der Waals surface area (Å²) in [5.41, 5.74) is 0. The Hall–Kier alpha value is 0.177. The van der Waals surface area contributed by atoms with Gasteiger partial charge in [-0.3, -0.25) is 0 Å². The molecule has 80 valence electrons. The highest BCUT2D eigenvalue weighted by Gasteiger charge is 2.29. The minimum absolute atomic E-state index is 1.00. The van der Waals surface area contributed by atoms with Gasteiger partial charge in [0.25, 0.3) is 0 Å². The van der Waals surface area contributed by atoms with Crippen LogP contribution in [0, 0.1) is 0 Å². The summed E-state index contributed by atoms with van der Waals surface area (Å²) in [5.74, 6) is 0. The molecule has 0 aromatic heterocycles. The lowest BCUT2D eigenvalue weighted by molar-refractivity contribution is 0.290. The monoisotopic (exact) mass is 202 g/mol. The van der Waals surface area contributed by atoms with Crippen LogP contribution in [0.3, 0.4) is 0 Å². The Labute approximate surface area is 85.0 Å². The second-order valence-electron chi connectivity index (χ2n) is 3.84. The van der Waals surface area contributed by atoms with Crippen molar-refractivity contribution in [3.8, 4) is 0 Å². The van der Waals surface area contributed by atoms with E-state index in [9.17, 15) is 0 Å². The molecule has 0 aliphatic rings. The summed E-state index contributed by atoms with van der Waals surface area (Å²) in [6.45, 7) is 10.1. The van der Waals surface area contributed by atoms with E-state index < -0.39 is 8.32 Å². The highest BCUT2D eigenvalue weighted by molar-refractivity contribution is 6.73. The van der Waals surface area contributed by atoms with Gasteiger partial charge in [-0.15, -0.1) is 0 Å². The molecule has 0 amide bonds. The third-order valence-corrected chi connectivity index (χ3v) is 7.71. The fraction of sp³-hybridized carbons (Fsp3) is 1.00. The zero-order chi connectivity index (χ0) is 10.2. The molecule has 0 saturated heterocycles. The molecule has 0 rings (SSSR count). The first-order valence-corrected chi connectivity index (χ1v) is 8.41. The van der Waals surface area contributed by atoms with Crippen molar-refractivity contribution >= 4 is 8.32 Å². The predicted molar refractivity (Wildman–Crippen MR) is 62.7 cm³/mol. The second kappa shape index (κ2) is 7.57. The lowest BCUT2D eigenvalue weighted by Crippen LogP contribution is -2.36. The third-order valence-electron chi connectivity index (χ3n) is 2.90. The van der Waals surface area contributed by atoms with E-state index in [4.69, 9.17) is 4.43 Å². The van der Waals surface area contributed by atoms with E-state index in [0.29, 0.717) is 0 Å². The van der Waals surface area contributed by atoms with Crippen molar-refractivity contribution in [2.75, 3.05) is 6.61 Å². The molecule has 0 spiro atoms. The van der Waals surface area contributed by atoms with Gasteiger partial charge in [-0.25, -0.2) is 0 Å². The topological polar surface area (TPSA) is 9.23 Å². The van der Waals surface area contributed by atoms with Crippen LogP contribution in [0.25, 0.3) is 0 Å². The Kier molecular flexibility index (Phi) is 7.67. The molecule has 0 saturated carbocycles. The SMILES string of the molecule is CCCCO[Si](CC)(CC)CCC. The molecule has 0 atom stereocenters. The van der Waals surface area contributed by atoms with Gasteiger partial charge in [0, 0.05) is 6.61 Å². The zero-order valence-corrected chi connectivity index (χ0v) is 10.9. The van der Waals surface area contributed by atoms with Gasteiger partial charge in [-0.2, -0.15) is 0 Å². The normalized spacial score (nSPS) is 12.0. The summed E-state index contributed by atoms with van der Waals surface area (Å²) in [6.07, 6.45) is 3.78. The smallest absolute Gasteiger partial charge is 0.192 e. The number of rotatable bonds is 8. The molecule has 0 bridgehead atoms. The van der Waals surface area contributed by atoms with Crippen LogP contribution in [-0.4, -0.2) is 14.9 Å². The first-order valence-electron chi connectivity index (χ1n) is 5.88. The van der Waals surface area contributed by atoms with Crippen LogP contribution in [0.4, 0.5) is 0 Å². The fourth-order valence-electron chi connectivity index (χ4n) is 1.77. The molecular formula is C11H26OSi.